The number of primary amides is 1. The average molecular weight is 469 g/mol. The van der Waals surface area contributed by atoms with E-state index >= 15 is 0 Å². The van der Waals surface area contributed by atoms with Crippen molar-refractivity contribution in [3.8, 4) is 28.7 Å². The van der Waals surface area contributed by atoms with Gasteiger partial charge in [0.2, 0.25) is 5.91 Å². The Morgan fingerprint density at radius 2 is 2.09 bits per heavy atom. The number of likely N-dealkylation sites (tertiary alicyclic amines) is 1. The molecule has 1 atom stereocenters. The number of amides is 2. The van der Waals surface area contributed by atoms with Gasteiger partial charge in [-0.1, -0.05) is 24.0 Å². The number of aliphatic hydroxyl groups is 1. The molecular formula is C26H24N6O3. The summed E-state index contributed by atoms with van der Waals surface area (Å²) in [7, 11) is 1.79. The summed E-state index contributed by atoms with van der Waals surface area (Å²) in [5.74, 6) is 5.34. The molecule has 1 fully saturated rings. The van der Waals surface area contributed by atoms with Crippen molar-refractivity contribution in [2.75, 3.05) is 20.2 Å². The second-order valence-corrected chi connectivity index (χ2v) is 8.49. The minimum absolute atomic E-state index is 0.00377. The molecule has 2 aromatic carbocycles. The highest BCUT2D eigenvalue weighted by molar-refractivity contribution is 6.05. The molecule has 5 rings (SSSR count). The zero-order valence-electron chi connectivity index (χ0n) is 19.2. The maximum absolute atomic E-state index is 12.2. The fraction of sp³-hybridized carbons (Fsp3) is 0.231. The van der Waals surface area contributed by atoms with E-state index in [1.165, 1.54) is 0 Å². The number of carbonyl (C=O) groups is 2. The van der Waals surface area contributed by atoms with Crippen LogP contribution < -0.4 is 5.73 Å². The number of carbonyl (C=O) groups excluding carboxylic acids is 2. The van der Waals surface area contributed by atoms with Crippen molar-refractivity contribution in [1.82, 2.24) is 24.5 Å². The molecule has 3 N–H and O–H groups in total. The van der Waals surface area contributed by atoms with Crippen LogP contribution in [0.3, 0.4) is 0 Å². The van der Waals surface area contributed by atoms with E-state index in [0.29, 0.717) is 11.9 Å². The number of nitrogens with two attached hydrogens (primary N) is 1. The highest BCUT2D eigenvalue weighted by Crippen LogP contribution is 2.28. The van der Waals surface area contributed by atoms with Crippen LogP contribution in [0.4, 0.5) is 0 Å². The fourth-order valence-electron chi connectivity index (χ4n) is 4.26. The third-order valence-corrected chi connectivity index (χ3v) is 6.12. The van der Waals surface area contributed by atoms with E-state index in [-0.39, 0.29) is 24.1 Å². The first-order chi connectivity index (χ1) is 16.9. The molecule has 9 nitrogen and oxygen atoms in total. The second kappa shape index (κ2) is 9.08. The van der Waals surface area contributed by atoms with Gasteiger partial charge in [-0.3, -0.25) is 14.3 Å². The summed E-state index contributed by atoms with van der Waals surface area (Å²) in [6.45, 7) is 1.12. The quantitative estimate of drug-likeness (QED) is 0.433. The summed E-state index contributed by atoms with van der Waals surface area (Å²) in [5, 5.41) is 18.5. The van der Waals surface area contributed by atoms with Crippen LogP contribution in [0.1, 0.15) is 22.5 Å². The van der Waals surface area contributed by atoms with Crippen LogP contribution in [-0.4, -0.2) is 61.6 Å². The molecule has 1 saturated heterocycles. The molecule has 0 unspecified atom stereocenters. The number of nitrogens with zero attached hydrogens (tertiary/aromatic N) is 5. The van der Waals surface area contributed by atoms with Crippen molar-refractivity contribution in [1.29, 1.82) is 0 Å². The van der Waals surface area contributed by atoms with Gasteiger partial charge in [0.1, 0.15) is 5.92 Å². The molecule has 0 saturated carbocycles. The average Bonchev–Trinajstić information content (AvgIpc) is 3.56. The van der Waals surface area contributed by atoms with Crippen LogP contribution in [0.5, 0.6) is 0 Å². The Morgan fingerprint density at radius 1 is 1.23 bits per heavy atom. The van der Waals surface area contributed by atoms with Gasteiger partial charge >= 0.3 is 0 Å². The molecule has 2 aromatic heterocycles. The Labute approximate surface area is 201 Å². The summed E-state index contributed by atoms with van der Waals surface area (Å²) in [4.78, 5) is 26.1. The first-order valence-corrected chi connectivity index (χ1v) is 11.3. The smallest absolute Gasteiger partial charge is 0.269 e. The lowest BCUT2D eigenvalue weighted by Crippen LogP contribution is -2.21. The number of aliphatic hydroxyl groups excluding tert-OH is 1. The van der Waals surface area contributed by atoms with E-state index in [4.69, 9.17) is 10.8 Å². The van der Waals surface area contributed by atoms with Gasteiger partial charge in [0.25, 0.3) is 5.91 Å². The highest BCUT2D eigenvalue weighted by atomic mass is 16.3. The Morgan fingerprint density at radius 3 is 2.83 bits per heavy atom. The van der Waals surface area contributed by atoms with Crippen molar-refractivity contribution >= 4 is 22.7 Å². The summed E-state index contributed by atoms with van der Waals surface area (Å²) in [6.07, 6.45) is 4.27. The third-order valence-electron chi connectivity index (χ3n) is 6.12. The number of benzene rings is 2. The van der Waals surface area contributed by atoms with Crippen LogP contribution in [0, 0.1) is 17.8 Å². The van der Waals surface area contributed by atoms with Gasteiger partial charge in [0, 0.05) is 36.3 Å². The summed E-state index contributed by atoms with van der Waals surface area (Å²) >= 11 is 0. The number of hydrogen-bond acceptors (Lipinski definition) is 5. The van der Waals surface area contributed by atoms with Crippen LogP contribution in [0.2, 0.25) is 0 Å². The molecule has 0 radical (unpaired) electrons. The van der Waals surface area contributed by atoms with E-state index in [9.17, 15) is 9.59 Å². The monoisotopic (exact) mass is 468 g/mol. The van der Waals surface area contributed by atoms with E-state index in [1.807, 2.05) is 48.7 Å². The zero-order valence-corrected chi connectivity index (χ0v) is 19.2. The van der Waals surface area contributed by atoms with Gasteiger partial charge in [0.15, 0.2) is 5.69 Å². The number of aromatic nitrogens is 4. The first-order valence-electron chi connectivity index (χ1n) is 11.3. The maximum atomic E-state index is 12.2. The lowest BCUT2D eigenvalue weighted by atomic mass is 10.1. The number of rotatable bonds is 5. The van der Waals surface area contributed by atoms with Gasteiger partial charge in [-0.2, -0.15) is 10.2 Å². The van der Waals surface area contributed by atoms with Crippen LogP contribution in [0.25, 0.3) is 27.7 Å². The highest BCUT2D eigenvalue weighted by Gasteiger charge is 2.27. The van der Waals surface area contributed by atoms with E-state index < -0.39 is 5.91 Å². The van der Waals surface area contributed by atoms with Crippen molar-refractivity contribution in [2.24, 2.45) is 11.7 Å². The molecule has 9 heteroatoms. The Balaban J connectivity index is 1.53. The first kappa shape index (κ1) is 22.4. The molecule has 3 heterocycles. The van der Waals surface area contributed by atoms with Crippen molar-refractivity contribution in [3.63, 3.8) is 0 Å². The van der Waals surface area contributed by atoms with Crippen molar-refractivity contribution < 1.29 is 14.7 Å². The van der Waals surface area contributed by atoms with Crippen molar-refractivity contribution in [2.45, 2.75) is 13.0 Å². The third kappa shape index (κ3) is 4.27. The maximum Gasteiger partial charge on any atom is 0.269 e. The molecule has 0 aliphatic carbocycles. The minimum Gasteiger partial charge on any atom is -0.394 e. The van der Waals surface area contributed by atoms with Gasteiger partial charge in [-0.05, 0) is 42.3 Å². The molecule has 0 bridgehead atoms. The molecule has 35 heavy (non-hydrogen) atoms. The predicted octanol–water partition coefficient (Wildman–Crippen LogP) is 1.81. The van der Waals surface area contributed by atoms with Crippen LogP contribution in [0.15, 0.2) is 54.9 Å². The minimum atomic E-state index is -0.623. The van der Waals surface area contributed by atoms with Gasteiger partial charge in [-0.15, -0.1) is 0 Å². The fourth-order valence-corrected chi connectivity index (χ4v) is 4.26. The van der Waals surface area contributed by atoms with Crippen LogP contribution >= 0.6 is 0 Å². The van der Waals surface area contributed by atoms with E-state index in [0.717, 1.165) is 40.9 Å². The Kier molecular flexibility index (Phi) is 5.81. The molecule has 1 aliphatic heterocycles. The van der Waals surface area contributed by atoms with Crippen molar-refractivity contribution in [3.05, 3.63) is 66.1 Å². The summed E-state index contributed by atoms with van der Waals surface area (Å²) in [6, 6.07) is 13.2. The molecule has 4 aromatic rings. The number of fused-ring (bicyclic) bond motifs is 1. The molecule has 176 valence electrons. The molecule has 2 amide bonds. The SMILES string of the molecule is CN1CC[C@@H](C#Cc2cccc(-n3nc(C(N)=O)c4cc(-c5cnn(CCO)c5)ccc43)c2)C1=O. The normalized spacial score (nSPS) is 15.4. The largest absolute Gasteiger partial charge is 0.394 e. The summed E-state index contributed by atoms with van der Waals surface area (Å²) in [5.41, 5.74) is 9.74. The molecule has 0 spiro atoms. The zero-order chi connectivity index (χ0) is 24.5. The predicted molar refractivity (Wildman–Crippen MR) is 131 cm³/mol. The molecule has 1 aliphatic rings. The van der Waals surface area contributed by atoms with Crippen LogP contribution in [-0.2, 0) is 11.3 Å². The topological polar surface area (TPSA) is 119 Å². The Bertz CT molecular complexity index is 1510. The lowest BCUT2D eigenvalue weighted by Gasteiger charge is -2.06. The summed E-state index contributed by atoms with van der Waals surface area (Å²) < 4.78 is 3.33. The van der Waals surface area contributed by atoms with E-state index in [2.05, 4.69) is 22.0 Å². The number of hydrogen-bond donors (Lipinski definition) is 2. The van der Waals surface area contributed by atoms with Gasteiger partial charge < -0.3 is 15.7 Å². The second-order valence-electron chi connectivity index (χ2n) is 8.49. The van der Waals surface area contributed by atoms with Gasteiger partial charge in [0.05, 0.1) is 30.6 Å². The Hall–Kier alpha value is -4.42. The standard InChI is InChI=1S/C26H24N6O3/c1-30-10-9-18(26(30)35)6-5-17-3-2-4-21(13-17)32-23-8-7-19(14-22(23)24(29-32)25(27)34)20-15-28-31(16-20)11-12-33/h2-4,7-8,13-16,18,33H,9-12H2,1H3,(H2,27,34)/t18-/m1/s1. The lowest BCUT2D eigenvalue weighted by molar-refractivity contribution is -0.128. The molecular weight excluding hydrogens is 444 g/mol. The van der Waals surface area contributed by atoms with E-state index in [1.54, 1.807) is 27.5 Å². The van der Waals surface area contributed by atoms with Gasteiger partial charge in [-0.25, -0.2) is 4.68 Å².